The molecule has 0 radical (unpaired) electrons. The SMILES string of the molecule is CNC(C)Oc1cnc(-c2ccccc2C(F)(F)F)nc1. The topological polar surface area (TPSA) is 47.0 Å². The lowest BCUT2D eigenvalue weighted by Gasteiger charge is -2.14. The van der Waals surface area contributed by atoms with Crippen LogP contribution in [0.25, 0.3) is 11.4 Å². The van der Waals surface area contributed by atoms with Gasteiger partial charge in [0.25, 0.3) is 0 Å². The smallest absolute Gasteiger partial charge is 0.417 e. The van der Waals surface area contributed by atoms with Crippen LogP contribution in [0.15, 0.2) is 36.7 Å². The summed E-state index contributed by atoms with van der Waals surface area (Å²) < 4.78 is 44.2. The lowest BCUT2D eigenvalue weighted by atomic mass is 10.1. The molecule has 0 aliphatic carbocycles. The summed E-state index contributed by atoms with van der Waals surface area (Å²) in [5.74, 6) is 0.387. The van der Waals surface area contributed by atoms with Crippen LogP contribution >= 0.6 is 0 Å². The van der Waals surface area contributed by atoms with E-state index in [4.69, 9.17) is 4.74 Å². The number of nitrogens with one attached hydrogen (secondary N) is 1. The lowest BCUT2D eigenvalue weighted by Crippen LogP contribution is -2.27. The van der Waals surface area contributed by atoms with Crippen LogP contribution < -0.4 is 10.1 Å². The number of ether oxygens (including phenoxy) is 1. The van der Waals surface area contributed by atoms with Gasteiger partial charge in [-0.15, -0.1) is 0 Å². The molecule has 0 aliphatic rings. The van der Waals surface area contributed by atoms with Crippen molar-refractivity contribution >= 4 is 0 Å². The summed E-state index contributed by atoms with van der Waals surface area (Å²) in [5.41, 5.74) is -0.819. The first-order chi connectivity index (χ1) is 9.91. The summed E-state index contributed by atoms with van der Waals surface area (Å²) >= 11 is 0. The third-order valence-electron chi connectivity index (χ3n) is 2.82. The van der Waals surface area contributed by atoms with Gasteiger partial charge in [-0.25, -0.2) is 9.97 Å². The molecule has 0 saturated heterocycles. The molecular formula is C14H14F3N3O. The number of hydrogen-bond donors (Lipinski definition) is 1. The van der Waals surface area contributed by atoms with Crippen molar-refractivity contribution in [2.45, 2.75) is 19.3 Å². The van der Waals surface area contributed by atoms with Gasteiger partial charge in [-0.3, -0.25) is 5.32 Å². The minimum absolute atomic E-state index is 0.00684. The normalized spacial score (nSPS) is 13.0. The molecule has 2 rings (SSSR count). The summed E-state index contributed by atoms with van der Waals surface area (Å²) in [6, 6.07) is 5.20. The predicted octanol–water partition coefficient (Wildman–Crippen LogP) is 3.11. The molecule has 1 aromatic carbocycles. The van der Waals surface area contributed by atoms with E-state index in [1.54, 1.807) is 14.0 Å². The zero-order valence-electron chi connectivity index (χ0n) is 11.5. The quantitative estimate of drug-likeness (QED) is 0.881. The Kier molecular flexibility index (Phi) is 4.42. The van der Waals surface area contributed by atoms with E-state index in [-0.39, 0.29) is 17.6 Å². The lowest BCUT2D eigenvalue weighted by molar-refractivity contribution is -0.137. The highest BCUT2D eigenvalue weighted by atomic mass is 19.4. The van der Waals surface area contributed by atoms with Crippen molar-refractivity contribution in [2.75, 3.05) is 7.05 Å². The number of hydrogen-bond acceptors (Lipinski definition) is 4. The fraction of sp³-hybridized carbons (Fsp3) is 0.286. The second kappa shape index (κ2) is 6.09. The van der Waals surface area contributed by atoms with Crippen molar-refractivity contribution in [3.8, 4) is 17.1 Å². The molecule has 7 heteroatoms. The molecule has 1 atom stereocenters. The van der Waals surface area contributed by atoms with Gasteiger partial charge in [0, 0.05) is 5.56 Å². The molecule has 21 heavy (non-hydrogen) atoms. The van der Waals surface area contributed by atoms with Gasteiger partial charge in [-0.2, -0.15) is 13.2 Å². The van der Waals surface area contributed by atoms with Crippen LogP contribution in [0.4, 0.5) is 13.2 Å². The Morgan fingerprint density at radius 3 is 2.33 bits per heavy atom. The highest BCUT2D eigenvalue weighted by Crippen LogP contribution is 2.35. The first kappa shape index (κ1) is 15.2. The minimum Gasteiger partial charge on any atom is -0.472 e. The van der Waals surface area contributed by atoms with Crippen molar-refractivity contribution in [1.29, 1.82) is 0 Å². The fourth-order valence-corrected chi connectivity index (χ4v) is 1.70. The Balaban J connectivity index is 2.31. The maximum atomic E-state index is 12.9. The highest BCUT2D eigenvalue weighted by Gasteiger charge is 2.33. The van der Waals surface area contributed by atoms with Gasteiger partial charge in [0.2, 0.25) is 0 Å². The Bertz CT molecular complexity index is 599. The molecule has 0 spiro atoms. The van der Waals surface area contributed by atoms with E-state index in [0.29, 0.717) is 5.75 Å². The molecule has 1 heterocycles. The average molecular weight is 297 g/mol. The summed E-state index contributed by atoms with van der Waals surface area (Å²) in [6.45, 7) is 1.78. The van der Waals surface area contributed by atoms with Crippen LogP contribution in [0.3, 0.4) is 0 Å². The second-order valence-electron chi connectivity index (χ2n) is 4.33. The molecule has 0 amide bonds. The minimum atomic E-state index is -4.45. The zero-order valence-corrected chi connectivity index (χ0v) is 11.5. The maximum absolute atomic E-state index is 12.9. The monoisotopic (exact) mass is 297 g/mol. The van der Waals surface area contributed by atoms with Gasteiger partial charge >= 0.3 is 6.18 Å². The molecular weight excluding hydrogens is 283 g/mol. The van der Waals surface area contributed by atoms with Gasteiger partial charge in [-0.05, 0) is 20.0 Å². The van der Waals surface area contributed by atoms with Crippen LogP contribution in [0.1, 0.15) is 12.5 Å². The Hall–Kier alpha value is -2.15. The Morgan fingerprint density at radius 2 is 1.76 bits per heavy atom. The van der Waals surface area contributed by atoms with E-state index >= 15 is 0 Å². The van der Waals surface area contributed by atoms with Crippen molar-refractivity contribution < 1.29 is 17.9 Å². The van der Waals surface area contributed by atoms with Crippen LogP contribution in [0.5, 0.6) is 5.75 Å². The van der Waals surface area contributed by atoms with Crippen molar-refractivity contribution in [1.82, 2.24) is 15.3 Å². The molecule has 2 aromatic rings. The number of halogens is 3. The molecule has 1 aromatic heterocycles. The van der Waals surface area contributed by atoms with Gasteiger partial charge < -0.3 is 4.74 Å². The summed E-state index contributed by atoms with van der Waals surface area (Å²) in [6.07, 6.45) is -2.00. The van der Waals surface area contributed by atoms with E-state index < -0.39 is 11.7 Å². The van der Waals surface area contributed by atoms with Gasteiger partial charge in [-0.1, -0.05) is 18.2 Å². The Morgan fingerprint density at radius 1 is 1.14 bits per heavy atom. The van der Waals surface area contributed by atoms with Crippen molar-refractivity contribution in [3.63, 3.8) is 0 Å². The number of nitrogens with zero attached hydrogens (tertiary/aromatic N) is 2. The van der Waals surface area contributed by atoms with E-state index in [1.165, 1.54) is 30.6 Å². The third kappa shape index (κ3) is 3.69. The standard InChI is InChI=1S/C14H14F3N3O/c1-9(18-2)21-10-7-19-13(20-8-10)11-5-3-4-6-12(11)14(15,16)17/h3-9,18H,1-2H3. The molecule has 0 fully saturated rings. The number of aromatic nitrogens is 2. The summed E-state index contributed by atoms with van der Waals surface area (Å²) in [4.78, 5) is 7.89. The Labute approximate surface area is 120 Å². The molecule has 112 valence electrons. The van der Waals surface area contributed by atoms with E-state index in [0.717, 1.165) is 6.07 Å². The summed E-state index contributed by atoms with van der Waals surface area (Å²) in [7, 11) is 1.72. The van der Waals surface area contributed by atoms with E-state index in [1.807, 2.05) is 0 Å². The van der Waals surface area contributed by atoms with E-state index in [2.05, 4.69) is 15.3 Å². The predicted molar refractivity (Wildman–Crippen MR) is 71.6 cm³/mol. The average Bonchev–Trinajstić information content (AvgIpc) is 2.47. The van der Waals surface area contributed by atoms with Gasteiger partial charge in [0.1, 0.15) is 6.23 Å². The third-order valence-corrected chi connectivity index (χ3v) is 2.82. The first-order valence-corrected chi connectivity index (χ1v) is 6.24. The summed E-state index contributed by atoms with van der Waals surface area (Å²) in [5, 5.41) is 2.86. The maximum Gasteiger partial charge on any atom is 0.417 e. The molecule has 0 bridgehead atoms. The number of alkyl halides is 3. The molecule has 1 N–H and O–H groups in total. The number of benzene rings is 1. The molecule has 4 nitrogen and oxygen atoms in total. The fourth-order valence-electron chi connectivity index (χ4n) is 1.70. The van der Waals surface area contributed by atoms with Crippen LogP contribution in [-0.4, -0.2) is 23.2 Å². The second-order valence-corrected chi connectivity index (χ2v) is 4.33. The molecule has 0 aliphatic heterocycles. The van der Waals surface area contributed by atoms with Gasteiger partial charge in [0.15, 0.2) is 11.6 Å². The highest BCUT2D eigenvalue weighted by molar-refractivity contribution is 5.61. The molecule has 0 saturated carbocycles. The van der Waals surface area contributed by atoms with E-state index in [9.17, 15) is 13.2 Å². The van der Waals surface area contributed by atoms with Crippen molar-refractivity contribution in [3.05, 3.63) is 42.2 Å². The van der Waals surface area contributed by atoms with Gasteiger partial charge in [0.05, 0.1) is 18.0 Å². The zero-order chi connectivity index (χ0) is 15.5. The molecule has 1 unspecified atom stereocenters. The largest absolute Gasteiger partial charge is 0.472 e. The first-order valence-electron chi connectivity index (χ1n) is 6.24. The van der Waals surface area contributed by atoms with Crippen LogP contribution in [-0.2, 0) is 6.18 Å². The van der Waals surface area contributed by atoms with Crippen LogP contribution in [0, 0.1) is 0 Å². The van der Waals surface area contributed by atoms with Crippen molar-refractivity contribution in [2.24, 2.45) is 0 Å². The number of rotatable bonds is 4. The van der Waals surface area contributed by atoms with Crippen LogP contribution in [0.2, 0.25) is 0 Å².